The van der Waals surface area contributed by atoms with Crippen LogP contribution in [0.2, 0.25) is 0 Å². The molecule has 1 aliphatic heterocycles. The lowest BCUT2D eigenvalue weighted by Crippen LogP contribution is -2.49. The van der Waals surface area contributed by atoms with E-state index in [1.54, 1.807) is 13.0 Å². The third-order valence-electron chi connectivity index (χ3n) is 3.77. The summed E-state index contributed by atoms with van der Waals surface area (Å²) in [5, 5.41) is 10.6. The van der Waals surface area contributed by atoms with Crippen LogP contribution in [-0.4, -0.2) is 22.8 Å². The van der Waals surface area contributed by atoms with E-state index in [0.717, 1.165) is 25.7 Å². The van der Waals surface area contributed by atoms with Crippen LogP contribution in [0.1, 0.15) is 39.5 Å². The van der Waals surface area contributed by atoms with Crippen LogP contribution < -0.4 is 0 Å². The molecule has 3 atom stereocenters. The van der Waals surface area contributed by atoms with Gasteiger partial charge in [-0.05, 0) is 31.8 Å². The van der Waals surface area contributed by atoms with Crippen LogP contribution in [0.25, 0.3) is 0 Å². The van der Waals surface area contributed by atoms with E-state index in [2.05, 4.69) is 0 Å². The van der Waals surface area contributed by atoms with E-state index in [1.165, 1.54) is 0 Å². The van der Waals surface area contributed by atoms with Gasteiger partial charge in [0.1, 0.15) is 11.7 Å². The molecule has 0 aromatic heterocycles. The second kappa shape index (κ2) is 3.63. The fourth-order valence-corrected chi connectivity index (χ4v) is 2.56. The SMILES string of the molecule is CC1=C[C@@H]([C@@]2(O)CCCC[C@@H]2C)OC1=O. The third kappa shape index (κ3) is 1.69. The van der Waals surface area contributed by atoms with E-state index in [9.17, 15) is 9.90 Å². The van der Waals surface area contributed by atoms with Crippen molar-refractivity contribution in [3.05, 3.63) is 11.6 Å². The molecule has 0 unspecified atom stereocenters. The van der Waals surface area contributed by atoms with Gasteiger partial charge in [-0.15, -0.1) is 0 Å². The van der Waals surface area contributed by atoms with Crippen molar-refractivity contribution in [1.82, 2.24) is 0 Å². The van der Waals surface area contributed by atoms with E-state index in [0.29, 0.717) is 5.57 Å². The topological polar surface area (TPSA) is 46.5 Å². The molecule has 0 bridgehead atoms. The highest BCUT2D eigenvalue weighted by molar-refractivity contribution is 5.90. The summed E-state index contributed by atoms with van der Waals surface area (Å²) < 4.78 is 5.20. The summed E-state index contributed by atoms with van der Waals surface area (Å²) in [5.41, 5.74) is -0.225. The Kier molecular flexibility index (Phi) is 2.59. The highest BCUT2D eigenvalue weighted by atomic mass is 16.6. The van der Waals surface area contributed by atoms with Crippen molar-refractivity contribution in [2.75, 3.05) is 0 Å². The van der Waals surface area contributed by atoms with Gasteiger partial charge in [-0.2, -0.15) is 0 Å². The smallest absolute Gasteiger partial charge is 0.334 e. The van der Waals surface area contributed by atoms with Crippen molar-refractivity contribution in [3.63, 3.8) is 0 Å². The number of esters is 1. The minimum atomic E-state index is -0.842. The monoisotopic (exact) mass is 210 g/mol. The fraction of sp³-hybridized carbons (Fsp3) is 0.750. The Morgan fingerprint density at radius 1 is 1.53 bits per heavy atom. The van der Waals surface area contributed by atoms with Crippen molar-refractivity contribution in [3.8, 4) is 0 Å². The number of hydrogen-bond acceptors (Lipinski definition) is 3. The standard InChI is InChI=1S/C12H18O3/c1-8-7-10(15-11(8)13)12(14)6-4-3-5-9(12)2/h7,9-10,14H,3-6H2,1-2H3/t9-,10-,12+/m0/s1. The van der Waals surface area contributed by atoms with Gasteiger partial charge in [-0.1, -0.05) is 19.8 Å². The number of aliphatic hydroxyl groups is 1. The summed E-state index contributed by atoms with van der Waals surface area (Å²) in [4.78, 5) is 11.3. The van der Waals surface area contributed by atoms with Gasteiger partial charge >= 0.3 is 5.97 Å². The Morgan fingerprint density at radius 3 is 2.80 bits per heavy atom. The van der Waals surface area contributed by atoms with Gasteiger partial charge in [-0.25, -0.2) is 4.79 Å². The molecule has 1 aliphatic carbocycles. The Morgan fingerprint density at radius 2 is 2.27 bits per heavy atom. The maximum absolute atomic E-state index is 11.3. The van der Waals surface area contributed by atoms with Crippen LogP contribution in [0, 0.1) is 5.92 Å². The van der Waals surface area contributed by atoms with Crippen molar-refractivity contribution in [2.24, 2.45) is 5.92 Å². The van der Waals surface area contributed by atoms with Crippen molar-refractivity contribution < 1.29 is 14.6 Å². The zero-order valence-electron chi connectivity index (χ0n) is 9.32. The van der Waals surface area contributed by atoms with Gasteiger partial charge < -0.3 is 9.84 Å². The lowest BCUT2D eigenvalue weighted by atomic mass is 9.73. The second-order valence-corrected chi connectivity index (χ2v) is 4.81. The molecule has 84 valence electrons. The first-order valence-electron chi connectivity index (χ1n) is 5.66. The maximum atomic E-state index is 11.3. The Labute approximate surface area is 90.1 Å². The normalized spacial score (nSPS) is 41.3. The van der Waals surface area contributed by atoms with Crippen LogP contribution in [-0.2, 0) is 9.53 Å². The summed E-state index contributed by atoms with van der Waals surface area (Å²) in [6, 6.07) is 0. The molecule has 2 rings (SSSR count). The first kappa shape index (κ1) is 10.7. The molecule has 0 aromatic rings. The predicted octanol–water partition coefficient (Wildman–Crippen LogP) is 1.80. The largest absolute Gasteiger partial charge is 0.452 e. The number of rotatable bonds is 1. The number of ether oxygens (including phenoxy) is 1. The number of carbonyl (C=O) groups excluding carboxylic acids is 1. The summed E-state index contributed by atoms with van der Waals surface area (Å²) in [7, 11) is 0. The van der Waals surface area contributed by atoms with E-state index >= 15 is 0 Å². The quantitative estimate of drug-likeness (QED) is 0.671. The summed E-state index contributed by atoms with van der Waals surface area (Å²) in [6.45, 7) is 3.77. The van der Waals surface area contributed by atoms with Crippen molar-refractivity contribution in [2.45, 2.75) is 51.2 Å². The van der Waals surface area contributed by atoms with Gasteiger partial charge in [0.2, 0.25) is 0 Å². The molecule has 0 amide bonds. The van der Waals surface area contributed by atoms with Crippen LogP contribution in [0.4, 0.5) is 0 Å². The molecule has 3 heteroatoms. The average Bonchev–Trinajstić information content (AvgIpc) is 2.53. The summed E-state index contributed by atoms with van der Waals surface area (Å²) in [6.07, 6.45) is 5.26. The van der Waals surface area contributed by atoms with Crippen molar-refractivity contribution >= 4 is 5.97 Å². The molecular formula is C12H18O3. The fourth-order valence-electron chi connectivity index (χ4n) is 2.56. The molecule has 0 saturated heterocycles. The molecule has 1 saturated carbocycles. The Bertz CT molecular complexity index is 308. The van der Waals surface area contributed by atoms with Gasteiger partial charge in [0, 0.05) is 5.57 Å². The molecule has 0 radical (unpaired) electrons. The van der Waals surface area contributed by atoms with Gasteiger partial charge in [0.15, 0.2) is 0 Å². The van der Waals surface area contributed by atoms with Crippen LogP contribution in [0.3, 0.4) is 0 Å². The number of cyclic esters (lactones) is 1. The molecule has 1 heterocycles. The summed E-state index contributed by atoms with van der Waals surface area (Å²) >= 11 is 0. The zero-order chi connectivity index (χ0) is 11.1. The molecule has 2 aliphatic rings. The zero-order valence-corrected chi connectivity index (χ0v) is 9.32. The number of carbonyl (C=O) groups is 1. The van der Waals surface area contributed by atoms with E-state index in [-0.39, 0.29) is 11.9 Å². The minimum absolute atomic E-state index is 0.200. The molecule has 3 nitrogen and oxygen atoms in total. The first-order chi connectivity index (χ1) is 7.04. The molecule has 0 spiro atoms. The maximum Gasteiger partial charge on any atom is 0.334 e. The van der Waals surface area contributed by atoms with Gasteiger partial charge in [0.05, 0.1) is 0 Å². The average molecular weight is 210 g/mol. The minimum Gasteiger partial charge on any atom is -0.452 e. The Hall–Kier alpha value is -0.830. The molecule has 1 fully saturated rings. The number of hydrogen-bond donors (Lipinski definition) is 1. The molecule has 15 heavy (non-hydrogen) atoms. The van der Waals surface area contributed by atoms with Crippen LogP contribution in [0.15, 0.2) is 11.6 Å². The van der Waals surface area contributed by atoms with E-state index in [4.69, 9.17) is 4.74 Å². The van der Waals surface area contributed by atoms with E-state index in [1.807, 2.05) is 6.92 Å². The lowest BCUT2D eigenvalue weighted by molar-refractivity contribution is -0.160. The second-order valence-electron chi connectivity index (χ2n) is 4.81. The van der Waals surface area contributed by atoms with Gasteiger partial charge in [0.25, 0.3) is 0 Å². The predicted molar refractivity (Wildman–Crippen MR) is 56.2 cm³/mol. The Balaban J connectivity index is 2.19. The van der Waals surface area contributed by atoms with Crippen molar-refractivity contribution in [1.29, 1.82) is 0 Å². The van der Waals surface area contributed by atoms with Crippen LogP contribution in [0.5, 0.6) is 0 Å². The highest BCUT2D eigenvalue weighted by Gasteiger charge is 2.46. The van der Waals surface area contributed by atoms with Crippen LogP contribution >= 0.6 is 0 Å². The molecule has 0 aromatic carbocycles. The molecular weight excluding hydrogens is 192 g/mol. The van der Waals surface area contributed by atoms with Gasteiger partial charge in [-0.3, -0.25) is 0 Å². The first-order valence-corrected chi connectivity index (χ1v) is 5.66. The lowest BCUT2D eigenvalue weighted by Gasteiger charge is -2.40. The highest BCUT2D eigenvalue weighted by Crippen LogP contribution is 2.39. The third-order valence-corrected chi connectivity index (χ3v) is 3.77. The van der Waals surface area contributed by atoms with E-state index < -0.39 is 11.7 Å². The molecule has 1 N–H and O–H groups in total. The summed E-state index contributed by atoms with van der Waals surface area (Å²) in [5.74, 6) is -0.0857.